The molecule has 0 N–H and O–H groups in total. The fourth-order valence-corrected chi connectivity index (χ4v) is 15.5. The van der Waals surface area contributed by atoms with Gasteiger partial charge in [-0.15, -0.1) is 0 Å². The van der Waals surface area contributed by atoms with Gasteiger partial charge in [-0.3, -0.25) is 0 Å². The molecule has 5 heterocycles. The second kappa shape index (κ2) is 18.4. The van der Waals surface area contributed by atoms with Gasteiger partial charge in [-0.2, -0.15) is 0 Å². The van der Waals surface area contributed by atoms with Crippen LogP contribution in [0.15, 0.2) is 175 Å². The molecule has 6 aromatic rings. The van der Waals surface area contributed by atoms with Crippen LogP contribution < -0.4 is 0 Å². The first-order valence-corrected chi connectivity index (χ1v) is 25.4. The molecule has 6 bridgehead atoms. The van der Waals surface area contributed by atoms with Crippen LogP contribution in [-0.2, 0) is 0 Å². The van der Waals surface area contributed by atoms with Crippen LogP contribution in [-0.4, -0.2) is 62.8 Å². The van der Waals surface area contributed by atoms with E-state index in [1.807, 2.05) is 72.8 Å². The Labute approximate surface area is 405 Å². The van der Waals surface area contributed by atoms with Gasteiger partial charge in [0.15, 0.2) is 0 Å². The molecule has 5 aliphatic heterocycles. The van der Waals surface area contributed by atoms with Crippen molar-refractivity contribution >= 4 is 141 Å². The lowest BCUT2D eigenvalue weighted by Crippen LogP contribution is -2.69. The second-order valence-corrected chi connectivity index (χ2v) is 23.0. The number of benzene rings is 6. The Morgan fingerprint density at radius 1 is 0.217 bits per heavy atom. The van der Waals surface area contributed by atoms with Gasteiger partial charge in [-0.25, -0.2) is 25.8 Å². The van der Waals surface area contributed by atoms with Crippen molar-refractivity contribution in [2.45, 2.75) is 66.4 Å². The van der Waals surface area contributed by atoms with Crippen LogP contribution in [0.4, 0.5) is 0 Å². The van der Waals surface area contributed by atoms with Crippen LogP contribution in [0.2, 0.25) is 30.1 Å². The van der Waals surface area contributed by atoms with Crippen LogP contribution >= 0.6 is 141 Å². The van der Waals surface area contributed by atoms with E-state index in [-0.39, 0.29) is 37.0 Å². The highest BCUT2D eigenvalue weighted by Gasteiger charge is 2.74. The number of nitrogens with zero attached hydrogens (tertiary/aromatic N) is 6. The average molecular weight is 1020 g/mol. The second-order valence-electron chi connectivity index (χ2n) is 13.9. The van der Waals surface area contributed by atoms with Crippen molar-refractivity contribution in [2.24, 2.45) is 0 Å². The summed E-state index contributed by atoms with van der Waals surface area (Å²) in [7, 11) is 0. The van der Waals surface area contributed by atoms with Gasteiger partial charge in [-0.1, -0.05) is 69.6 Å². The normalized spacial score (nSPS) is 24.5. The van der Waals surface area contributed by atoms with E-state index in [0.717, 1.165) is 29.4 Å². The molecule has 0 unspecified atom stereocenters. The van der Waals surface area contributed by atoms with E-state index in [1.165, 1.54) is 0 Å². The molecule has 0 spiro atoms. The summed E-state index contributed by atoms with van der Waals surface area (Å²) in [4.78, 5) is 6.52. The molecule has 0 aromatic heterocycles. The van der Waals surface area contributed by atoms with Gasteiger partial charge >= 0.3 is 0 Å². The van der Waals surface area contributed by atoms with Crippen LogP contribution in [0, 0.1) is 0 Å². The molecule has 0 radical (unpaired) electrons. The monoisotopic (exact) mass is 1020 g/mol. The summed E-state index contributed by atoms with van der Waals surface area (Å²) in [6.45, 7) is 0. The zero-order valence-corrected chi connectivity index (χ0v) is 40.2. The summed E-state index contributed by atoms with van der Waals surface area (Å²) >= 11 is 49.5. The highest BCUT2D eigenvalue weighted by atomic mass is 35.5. The van der Waals surface area contributed by atoms with Crippen molar-refractivity contribution in [1.82, 2.24) is 25.8 Å². The van der Waals surface area contributed by atoms with E-state index in [2.05, 4.69) is 98.6 Å². The maximum absolute atomic E-state index is 6.48. The van der Waals surface area contributed by atoms with Gasteiger partial charge in [-0.05, 0) is 217 Å². The highest BCUT2D eigenvalue weighted by molar-refractivity contribution is 7.99. The molecule has 0 amide bonds. The molecular weight excluding hydrogens is 994 g/mol. The highest BCUT2D eigenvalue weighted by Crippen LogP contribution is 2.63. The molecule has 5 fully saturated rings. The molecule has 11 rings (SSSR count). The molecule has 5 saturated heterocycles. The van der Waals surface area contributed by atoms with E-state index < -0.39 is 0 Å². The summed E-state index contributed by atoms with van der Waals surface area (Å²) < 4.78 is 15.6. The van der Waals surface area contributed by atoms with Gasteiger partial charge < -0.3 is 0 Å². The largest absolute Gasteiger partial charge is 0.205 e. The molecule has 306 valence electrons. The van der Waals surface area contributed by atoms with E-state index >= 15 is 0 Å². The lowest BCUT2D eigenvalue weighted by atomic mass is 10.2. The first-order chi connectivity index (χ1) is 29.2. The van der Waals surface area contributed by atoms with Gasteiger partial charge in [0, 0.05) is 59.5 Å². The summed E-state index contributed by atoms with van der Waals surface area (Å²) in [6, 6.07) is 48.8. The SMILES string of the molecule is Clc1ccc(SN2C3C4N(Sc5ccc(Cl)cc5)C2C2N(Sc5ccc(Cl)cc5)C(C(N2Sc2ccc(Cl)cc2)N4Sc2ccc(Cl)cc2)N3Sc2ccc(Cl)cc2)cc1. The first kappa shape index (κ1) is 42.8. The van der Waals surface area contributed by atoms with Crippen LogP contribution in [0.3, 0.4) is 0 Å². The van der Waals surface area contributed by atoms with E-state index in [4.69, 9.17) is 69.6 Å². The lowest BCUT2D eigenvalue weighted by Gasteiger charge is -2.53. The van der Waals surface area contributed by atoms with E-state index in [0.29, 0.717) is 30.1 Å². The maximum atomic E-state index is 6.48. The van der Waals surface area contributed by atoms with Crippen molar-refractivity contribution in [1.29, 1.82) is 0 Å². The van der Waals surface area contributed by atoms with Crippen molar-refractivity contribution in [3.8, 4) is 0 Å². The average Bonchev–Trinajstić information content (AvgIpc) is 3.67. The van der Waals surface area contributed by atoms with Crippen LogP contribution in [0.1, 0.15) is 0 Å². The minimum Gasteiger partial charge on any atom is -0.205 e. The fraction of sp³-hybridized carbons (Fsp3) is 0.143. The Bertz CT molecular complexity index is 2150. The summed E-state index contributed by atoms with van der Waals surface area (Å²) in [6.07, 6.45) is -0.923. The quantitative estimate of drug-likeness (QED) is 0.109. The molecule has 6 aromatic carbocycles. The van der Waals surface area contributed by atoms with E-state index in [1.54, 1.807) is 71.7 Å². The Balaban J connectivity index is 1.21. The smallest absolute Gasteiger partial charge is 0.117 e. The lowest BCUT2D eigenvalue weighted by molar-refractivity contribution is -0.0155. The van der Waals surface area contributed by atoms with Gasteiger partial charge in [0.2, 0.25) is 0 Å². The Kier molecular flexibility index (Phi) is 13.2. The molecule has 5 aliphatic rings. The number of rotatable bonds is 12. The summed E-state index contributed by atoms with van der Waals surface area (Å²) in [5.74, 6) is 0. The minimum atomic E-state index is -0.180. The van der Waals surface area contributed by atoms with Gasteiger partial charge in [0.25, 0.3) is 0 Å². The number of piperazine rings is 1. The third-order valence-corrected chi connectivity index (χ3v) is 18.3. The predicted octanol–water partition coefficient (Wildman–Crippen LogP) is 15.0. The first-order valence-electron chi connectivity index (χ1n) is 18.5. The fourth-order valence-electron chi connectivity index (χ4n) is 7.54. The number of halogens is 6. The maximum Gasteiger partial charge on any atom is 0.117 e. The van der Waals surface area contributed by atoms with Gasteiger partial charge in [0.1, 0.15) is 37.0 Å². The molecular formula is C42H30Cl6N6S6. The predicted molar refractivity (Wildman–Crippen MR) is 258 cm³/mol. The Hall–Kier alpha value is -1.08. The van der Waals surface area contributed by atoms with Crippen molar-refractivity contribution in [3.05, 3.63) is 176 Å². The molecule has 6 nitrogen and oxygen atoms in total. The van der Waals surface area contributed by atoms with Crippen LogP contribution in [0.25, 0.3) is 0 Å². The summed E-state index contributed by atoms with van der Waals surface area (Å²) in [5.41, 5.74) is 0. The molecule has 18 heteroatoms. The summed E-state index contributed by atoms with van der Waals surface area (Å²) in [5, 5.41) is 4.17. The Morgan fingerprint density at radius 2 is 0.333 bits per heavy atom. The van der Waals surface area contributed by atoms with Crippen molar-refractivity contribution < 1.29 is 0 Å². The molecule has 0 saturated carbocycles. The van der Waals surface area contributed by atoms with Crippen molar-refractivity contribution in [3.63, 3.8) is 0 Å². The standard InChI is InChI=1S/C42H30Cl6N6S6/c43-25-1-13-31(14-2-25)55-49-37-39-50(56-32-15-3-26(44)4-16-32)40-38(49)52(58-34-19-7-28(46)8-20-34)42(54(40)60-36-23-11-30(48)12-24-36)41(51(37)57-33-17-5-27(45)6-18-33)53(39)59-35-21-9-29(47)10-22-35/h1-24,37-42H. The van der Waals surface area contributed by atoms with E-state index in [9.17, 15) is 0 Å². The molecule has 0 atom stereocenters. The number of hydrogen-bond acceptors (Lipinski definition) is 12. The molecule has 60 heavy (non-hydrogen) atoms. The zero-order chi connectivity index (χ0) is 41.1. The van der Waals surface area contributed by atoms with Crippen molar-refractivity contribution in [2.75, 3.05) is 0 Å². The topological polar surface area (TPSA) is 19.4 Å². The third-order valence-electron chi connectivity index (χ3n) is 10.1. The zero-order valence-electron chi connectivity index (χ0n) is 30.7. The third kappa shape index (κ3) is 8.71. The molecule has 0 aliphatic carbocycles. The van der Waals surface area contributed by atoms with Crippen LogP contribution in [0.5, 0.6) is 0 Å². The Morgan fingerprint density at radius 3 is 0.450 bits per heavy atom. The number of hydrogen-bond donors (Lipinski definition) is 0. The minimum absolute atomic E-state index is 0.141. The van der Waals surface area contributed by atoms with Gasteiger partial charge in [0.05, 0.1) is 0 Å².